The Morgan fingerprint density at radius 2 is 2.08 bits per heavy atom. The quantitative estimate of drug-likeness (QED) is 0.812. The van der Waals surface area contributed by atoms with Crippen LogP contribution in [-0.2, 0) is 6.54 Å². The van der Waals surface area contributed by atoms with E-state index in [1.165, 1.54) is 19.4 Å². The molecule has 140 valence electrons. The van der Waals surface area contributed by atoms with Gasteiger partial charge in [-0.2, -0.15) is 5.10 Å². The number of hydrogen-bond acceptors (Lipinski definition) is 5. The van der Waals surface area contributed by atoms with E-state index >= 15 is 0 Å². The lowest BCUT2D eigenvalue weighted by Gasteiger charge is -2.37. The van der Waals surface area contributed by atoms with Crippen LogP contribution >= 0.6 is 0 Å². The summed E-state index contributed by atoms with van der Waals surface area (Å²) in [6.07, 6.45) is 7.99. The third-order valence-electron chi connectivity index (χ3n) is 5.82. The molecule has 2 aliphatic rings. The van der Waals surface area contributed by atoms with Crippen molar-refractivity contribution in [3.8, 4) is 0 Å². The predicted octanol–water partition coefficient (Wildman–Crippen LogP) is 1.49. The minimum atomic E-state index is 0.0653. The van der Waals surface area contributed by atoms with Crippen molar-refractivity contribution in [2.45, 2.75) is 39.3 Å². The van der Waals surface area contributed by atoms with Crippen LogP contribution < -0.4 is 0 Å². The number of rotatable bonds is 5. The monoisotopic (exact) mass is 356 g/mol. The fourth-order valence-electron chi connectivity index (χ4n) is 4.20. The first-order chi connectivity index (χ1) is 12.7. The second-order valence-electron chi connectivity index (χ2n) is 7.33. The van der Waals surface area contributed by atoms with Gasteiger partial charge in [-0.3, -0.25) is 14.6 Å². The van der Waals surface area contributed by atoms with Gasteiger partial charge in [0, 0.05) is 50.2 Å². The van der Waals surface area contributed by atoms with Gasteiger partial charge in [-0.1, -0.05) is 13.8 Å². The number of fused-ring (bicyclic) bond motifs is 2. The van der Waals surface area contributed by atoms with E-state index in [4.69, 9.17) is 0 Å². The maximum atomic E-state index is 13.0. The summed E-state index contributed by atoms with van der Waals surface area (Å²) >= 11 is 0. The molecular formula is C19H28N6O. The Labute approximate surface area is 154 Å². The minimum absolute atomic E-state index is 0.0653. The second-order valence-corrected chi connectivity index (χ2v) is 7.33. The summed E-state index contributed by atoms with van der Waals surface area (Å²) in [5.74, 6) is 0.0653. The van der Waals surface area contributed by atoms with E-state index < -0.39 is 0 Å². The Bertz CT molecular complexity index is 783. The fourth-order valence-corrected chi connectivity index (χ4v) is 4.20. The zero-order valence-electron chi connectivity index (χ0n) is 15.8. The first-order valence-electron chi connectivity index (χ1n) is 9.77. The van der Waals surface area contributed by atoms with E-state index in [1.807, 2.05) is 17.3 Å². The standard InChI is InChI=1S/C19H28N6O/c1-3-22(4-2)12-15-10-20-18-17(11-21-25(18)13-15)19(26)24-9-8-23-7-5-6-16(23)14-24/h10-11,13,16H,3-9,12,14H2,1-2H3/t16-/m0/s1. The molecule has 7 heteroatoms. The van der Waals surface area contributed by atoms with Crippen LogP contribution in [0.3, 0.4) is 0 Å². The predicted molar refractivity (Wildman–Crippen MR) is 100 cm³/mol. The summed E-state index contributed by atoms with van der Waals surface area (Å²) in [6, 6.07) is 0.531. The number of amides is 1. The Balaban J connectivity index is 1.52. The largest absolute Gasteiger partial charge is 0.336 e. The highest BCUT2D eigenvalue weighted by Gasteiger charge is 2.33. The molecule has 1 amide bonds. The van der Waals surface area contributed by atoms with Gasteiger partial charge in [-0.05, 0) is 32.5 Å². The summed E-state index contributed by atoms with van der Waals surface area (Å²) < 4.78 is 1.75. The van der Waals surface area contributed by atoms with Gasteiger partial charge < -0.3 is 4.90 Å². The molecule has 7 nitrogen and oxygen atoms in total. The van der Waals surface area contributed by atoms with Crippen molar-refractivity contribution >= 4 is 11.6 Å². The van der Waals surface area contributed by atoms with Crippen molar-refractivity contribution in [3.63, 3.8) is 0 Å². The van der Waals surface area contributed by atoms with Gasteiger partial charge in [0.25, 0.3) is 5.91 Å². The fraction of sp³-hybridized carbons (Fsp3) is 0.632. The molecule has 4 heterocycles. The summed E-state index contributed by atoms with van der Waals surface area (Å²) in [5, 5.41) is 4.40. The third kappa shape index (κ3) is 3.21. The van der Waals surface area contributed by atoms with Gasteiger partial charge in [-0.25, -0.2) is 9.50 Å². The van der Waals surface area contributed by atoms with Crippen LogP contribution in [0.2, 0.25) is 0 Å². The highest BCUT2D eigenvalue weighted by atomic mass is 16.2. The summed E-state index contributed by atoms with van der Waals surface area (Å²) in [7, 11) is 0. The molecule has 0 unspecified atom stereocenters. The zero-order valence-corrected chi connectivity index (χ0v) is 15.8. The molecule has 2 aromatic heterocycles. The van der Waals surface area contributed by atoms with E-state index in [9.17, 15) is 4.79 Å². The Morgan fingerprint density at radius 1 is 1.23 bits per heavy atom. The lowest BCUT2D eigenvalue weighted by atomic mass is 10.1. The van der Waals surface area contributed by atoms with Crippen molar-refractivity contribution in [1.82, 2.24) is 29.3 Å². The number of hydrogen-bond donors (Lipinski definition) is 0. The molecule has 0 radical (unpaired) electrons. The summed E-state index contributed by atoms with van der Waals surface area (Å²) in [4.78, 5) is 24.4. The van der Waals surface area contributed by atoms with Gasteiger partial charge in [0.15, 0.2) is 5.65 Å². The molecule has 0 N–H and O–H groups in total. The number of carbonyl (C=O) groups excluding carboxylic acids is 1. The molecule has 1 atom stereocenters. The van der Waals surface area contributed by atoms with Crippen LogP contribution in [0.1, 0.15) is 42.6 Å². The molecule has 0 bridgehead atoms. The Hall–Kier alpha value is -1.99. The van der Waals surface area contributed by atoms with E-state index in [2.05, 4.69) is 33.7 Å². The molecule has 0 spiro atoms. The molecule has 0 saturated carbocycles. The van der Waals surface area contributed by atoms with Gasteiger partial charge in [-0.15, -0.1) is 0 Å². The molecule has 2 aliphatic heterocycles. The van der Waals surface area contributed by atoms with Gasteiger partial charge >= 0.3 is 0 Å². The van der Waals surface area contributed by atoms with Crippen molar-refractivity contribution in [3.05, 3.63) is 29.7 Å². The second kappa shape index (κ2) is 7.32. The number of carbonyl (C=O) groups is 1. The molecule has 2 fully saturated rings. The number of nitrogens with zero attached hydrogens (tertiary/aromatic N) is 6. The van der Waals surface area contributed by atoms with E-state index in [-0.39, 0.29) is 5.91 Å². The van der Waals surface area contributed by atoms with E-state index in [1.54, 1.807) is 10.7 Å². The van der Waals surface area contributed by atoms with Crippen LogP contribution in [0, 0.1) is 0 Å². The minimum Gasteiger partial charge on any atom is -0.336 e. The normalized spacial score (nSPS) is 20.9. The zero-order chi connectivity index (χ0) is 18.1. The molecule has 26 heavy (non-hydrogen) atoms. The third-order valence-corrected chi connectivity index (χ3v) is 5.82. The Morgan fingerprint density at radius 3 is 2.88 bits per heavy atom. The van der Waals surface area contributed by atoms with Crippen molar-refractivity contribution in [2.24, 2.45) is 0 Å². The van der Waals surface area contributed by atoms with Crippen LogP contribution in [0.25, 0.3) is 5.65 Å². The summed E-state index contributed by atoms with van der Waals surface area (Å²) in [6.45, 7) is 11.0. The smallest absolute Gasteiger partial charge is 0.259 e. The van der Waals surface area contributed by atoms with Crippen molar-refractivity contribution in [1.29, 1.82) is 0 Å². The Kier molecular flexibility index (Phi) is 4.91. The van der Waals surface area contributed by atoms with Crippen LogP contribution in [-0.4, -0.2) is 80.5 Å². The maximum absolute atomic E-state index is 13.0. The SMILES string of the molecule is CCN(CC)Cc1cnc2c(C(=O)N3CCN4CCC[C@H]4C3)cnn2c1. The van der Waals surface area contributed by atoms with Crippen molar-refractivity contribution in [2.75, 3.05) is 39.3 Å². The number of piperazine rings is 1. The molecule has 4 rings (SSSR count). The van der Waals surface area contributed by atoms with Gasteiger partial charge in [0.1, 0.15) is 5.56 Å². The van der Waals surface area contributed by atoms with E-state index in [0.717, 1.165) is 44.8 Å². The first kappa shape index (κ1) is 17.4. The van der Waals surface area contributed by atoms with Crippen LogP contribution in [0.15, 0.2) is 18.6 Å². The summed E-state index contributed by atoms with van der Waals surface area (Å²) in [5.41, 5.74) is 2.39. The lowest BCUT2D eigenvalue weighted by Crippen LogP contribution is -2.52. The molecule has 2 aromatic rings. The molecule has 0 aromatic carbocycles. The highest BCUT2D eigenvalue weighted by molar-refractivity contribution is 5.99. The topological polar surface area (TPSA) is 57.0 Å². The maximum Gasteiger partial charge on any atom is 0.259 e. The molecule has 2 saturated heterocycles. The first-order valence-corrected chi connectivity index (χ1v) is 9.77. The number of aromatic nitrogens is 3. The van der Waals surface area contributed by atoms with Gasteiger partial charge in [0.2, 0.25) is 0 Å². The van der Waals surface area contributed by atoms with Crippen LogP contribution in [0.4, 0.5) is 0 Å². The highest BCUT2D eigenvalue weighted by Crippen LogP contribution is 2.23. The average molecular weight is 356 g/mol. The molecular weight excluding hydrogens is 328 g/mol. The van der Waals surface area contributed by atoms with E-state index in [0.29, 0.717) is 17.3 Å². The average Bonchev–Trinajstić information content (AvgIpc) is 3.31. The van der Waals surface area contributed by atoms with Gasteiger partial charge in [0.05, 0.1) is 6.20 Å². The lowest BCUT2D eigenvalue weighted by molar-refractivity contribution is 0.0573. The van der Waals surface area contributed by atoms with Crippen molar-refractivity contribution < 1.29 is 4.79 Å². The van der Waals surface area contributed by atoms with Crippen LogP contribution in [0.5, 0.6) is 0 Å². The molecule has 0 aliphatic carbocycles.